The van der Waals surface area contributed by atoms with E-state index in [2.05, 4.69) is 38.1 Å². The van der Waals surface area contributed by atoms with Gasteiger partial charge in [0.25, 0.3) is 0 Å². The van der Waals surface area contributed by atoms with E-state index in [4.69, 9.17) is 4.74 Å². The monoisotopic (exact) mass is 208 g/mol. The van der Waals surface area contributed by atoms with Crippen molar-refractivity contribution < 1.29 is 4.74 Å². The van der Waals surface area contributed by atoms with Crippen LogP contribution in [0.1, 0.15) is 31.9 Å². The highest BCUT2D eigenvalue weighted by atomic mass is 32.2. The lowest BCUT2D eigenvalue weighted by molar-refractivity contribution is -0.0245. The molecule has 1 nitrogen and oxygen atoms in total. The zero-order valence-electron chi connectivity index (χ0n) is 8.69. The maximum Gasteiger partial charge on any atom is 0.108 e. The molecule has 0 radical (unpaired) electrons. The number of benzene rings is 1. The summed E-state index contributed by atoms with van der Waals surface area (Å²) in [5.74, 6) is 1.19. The van der Waals surface area contributed by atoms with E-state index >= 15 is 0 Å². The van der Waals surface area contributed by atoms with Gasteiger partial charge in [0.05, 0.1) is 6.10 Å². The highest BCUT2D eigenvalue weighted by Gasteiger charge is 2.29. The minimum absolute atomic E-state index is 0.0290. The number of hydrogen-bond acceptors (Lipinski definition) is 2. The SMILES string of the molecule is CC1(C)OC(c2ccccc2)CCS1. The third-order valence-electron chi connectivity index (χ3n) is 2.43. The molecule has 1 aliphatic rings. The van der Waals surface area contributed by atoms with Crippen LogP contribution in [0.5, 0.6) is 0 Å². The quantitative estimate of drug-likeness (QED) is 0.697. The van der Waals surface area contributed by atoms with Crippen LogP contribution in [0.25, 0.3) is 0 Å². The molecule has 1 aromatic rings. The average Bonchev–Trinajstić information content (AvgIpc) is 2.18. The molecule has 1 atom stereocenters. The summed E-state index contributed by atoms with van der Waals surface area (Å²) >= 11 is 1.90. The van der Waals surface area contributed by atoms with Crippen LogP contribution in [0.2, 0.25) is 0 Å². The van der Waals surface area contributed by atoms with E-state index in [1.807, 2.05) is 17.8 Å². The van der Waals surface area contributed by atoms with Gasteiger partial charge in [-0.05, 0) is 31.6 Å². The molecule has 1 aromatic carbocycles. The van der Waals surface area contributed by atoms with Crippen LogP contribution in [0.4, 0.5) is 0 Å². The van der Waals surface area contributed by atoms with Gasteiger partial charge in [-0.3, -0.25) is 0 Å². The first-order valence-corrected chi connectivity index (χ1v) is 6.03. The van der Waals surface area contributed by atoms with Gasteiger partial charge >= 0.3 is 0 Å². The van der Waals surface area contributed by atoms with E-state index in [-0.39, 0.29) is 11.0 Å². The number of rotatable bonds is 1. The van der Waals surface area contributed by atoms with Gasteiger partial charge in [-0.15, -0.1) is 11.8 Å². The molecule has 0 aromatic heterocycles. The van der Waals surface area contributed by atoms with Crippen LogP contribution in [-0.2, 0) is 4.74 Å². The predicted molar refractivity (Wildman–Crippen MR) is 61.4 cm³/mol. The van der Waals surface area contributed by atoms with Crippen molar-refractivity contribution in [1.29, 1.82) is 0 Å². The van der Waals surface area contributed by atoms with Gasteiger partial charge in [0, 0.05) is 0 Å². The lowest BCUT2D eigenvalue weighted by Crippen LogP contribution is -2.28. The van der Waals surface area contributed by atoms with Crippen LogP contribution in [-0.4, -0.2) is 10.7 Å². The summed E-state index contributed by atoms with van der Waals surface area (Å²) in [5.41, 5.74) is 1.31. The smallest absolute Gasteiger partial charge is 0.108 e. The first-order chi connectivity index (χ1) is 6.67. The van der Waals surface area contributed by atoms with Gasteiger partial charge in [0.15, 0.2) is 0 Å². The molecule has 76 valence electrons. The number of thioether (sulfide) groups is 1. The minimum Gasteiger partial charge on any atom is -0.357 e. The fourth-order valence-corrected chi connectivity index (χ4v) is 2.76. The molecule has 0 N–H and O–H groups in total. The Bertz CT molecular complexity index is 294. The van der Waals surface area contributed by atoms with E-state index < -0.39 is 0 Å². The Kier molecular flexibility index (Phi) is 2.84. The van der Waals surface area contributed by atoms with Crippen molar-refractivity contribution in [3.05, 3.63) is 35.9 Å². The van der Waals surface area contributed by atoms with E-state index in [0.717, 1.165) is 6.42 Å². The Morgan fingerprint density at radius 1 is 1.29 bits per heavy atom. The molecule has 0 saturated carbocycles. The van der Waals surface area contributed by atoms with Crippen LogP contribution in [0, 0.1) is 0 Å². The maximum atomic E-state index is 6.02. The first kappa shape index (κ1) is 10.1. The molecular formula is C12H16OS. The Balaban J connectivity index is 2.12. The fraction of sp³-hybridized carbons (Fsp3) is 0.500. The highest BCUT2D eigenvalue weighted by molar-refractivity contribution is 8.00. The van der Waals surface area contributed by atoms with Gasteiger partial charge in [-0.2, -0.15) is 0 Å². The van der Waals surface area contributed by atoms with Gasteiger partial charge in [0.1, 0.15) is 4.93 Å². The van der Waals surface area contributed by atoms with Crippen LogP contribution < -0.4 is 0 Å². The van der Waals surface area contributed by atoms with E-state index in [1.165, 1.54) is 11.3 Å². The van der Waals surface area contributed by atoms with E-state index in [1.54, 1.807) is 0 Å². The highest BCUT2D eigenvalue weighted by Crippen LogP contribution is 2.40. The Morgan fingerprint density at radius 3 is 2.64 bits per heavy atom. The topological polar surface area (TPSA) is 9.23 Å². The summed E-state index contributed by atoms with van der Waals surface area (Å²) in [6.07, 6.45) is 1.41. The summed E-state index contributed by atoms with van der Waals surface area (Å²) in [4.78, 5) is -0.0290. The summed E-state index contributed by atoms with van der Waals surface area (Å²) in [7, 11) is 0. The standard InChI is InChI=1S/C12H16OS/c1-12(2)13-11(8-9-14-12)10-6-4-3-5-7-10/h3-7,11H,8-9H2,1-2H3. The van der Waals surface area contributed by atoms with Crippen LogP contribution >= 0.6 is 11.8 Å². The Morgan fingerprint density at radius 2 is 2.00 bits per heavy atom. The molecule has 2 heteroatoms. The zero-order valence-corrected chi connectivity index (χ0v) is 9.51. The molecule has 0 spiro atoms. The van der Waals surface area contributed by atoms with Gasteiger partial charge in [-0.1, -0.05) is 30.3 Å². The van der Waals surface area contributed by atoms with Crippen molar-refractivity contribution in [3.63, 3.8) is 0 Å². The molecular weight excluding hydrogens is 192 g/mol. The average molecular weight is 208 g/mol. The summed E-state index contributed by atoms with van der Waals surface area (Å²) < 4.78 is 6.02. The van der Waals surface area contributed by atoms with Gasteiger partial charge in [-0.25, -0.2) is 0 Å². The summed E-state index contributed by atoms with van der Waals surface area (Å²) in [5, 5.41) is 0. The van der Waals surface area contributed by atoms with Crippen molar-refractivity contribution in [2.45, 2.75) is 31.3 Å². The van der Waals surface area contributed by atoms with E-state index in [0.29, 0.717) is 0 Å². The molecule has 1 unspecified atom stereocenters. The lowest BCUT2D eigenvalue weighted by atomic mass is 10.1. The summed E-state index contributed by atoms with van der Waals surface area (Å²) in [6, 6.07) is 10.5. The van der Waals surface area contributed by atoms with Crippen LogP contribution in [0.3, 0.4) is 0 Å². The molecule has 1 heterocycles. The first-order valence-electron chi connectivity index (χ1n) is 5.04. The number of ether oxygens (including phenoxy) is 1. The molecule has 0 amide bonds. The maximum absolute atomic E-state index is 6.02. The second-order valence-electron chi connectivity index (χ2n) is 4.05. The fourth-order valence-electron chi connectivity index (χ4n) is 1.75. The van der Waals surface area contributed by atoms with Gasteiger partial charge in [0.2, 0.25) is 0 Å². The normalized spacial score (nSPS) is 26.0. The van der Waals surface area contributed by atoms with Crippen molar-refractivity contribution >= 4 is 11.8 Å². The molecule has 1 saturated heterocycles. The van der Waals surface area contributed by atoms with Crippen molar-refractivity contribution in [2.24, 2.45) is 0 Å². The minimum atomic E-state index is -0.0290. The Hall–Kier alpha value is -0.470. The molecule has 14 heavy (non-hydrogen) atoms. The predicted octanol–water partition coefficient (Wildman–Crippen LogP) is 3.62. The summed E-state index contributed by atoms with van der Waals surface area (Å²) in [6.45, 7) is 4.29. The van der Waals surface area contributed by atoms with Crippen molar-refractivity contribution in [1.82, 2.24) is 0 Å². The second kappa shape index (κ2) is 3.95. The van der Waals surface area contributed by atoms with Crippen molar-refractivity contribution in [2.75, 3.05) is 5.75 Å². The molecule has 0 aliphatic carbocycles. The second-order valence-corrected chi connectivity index (χ2v) is 5.73. The molecule has 2 rings (SSSR count). The molecule has 1 fully saturated rings. The zero-order chi connectivity index (χ0) is 10.0. The van der Waals surface area contributed by atoms with Gasteiger partial charge < -0.3 is 4.74 Å². The largest absolute Gasteiger partial charge is 0.357 e. The van der Waals surface area contributed by atoms with E-state index in [9.17, 15) is 0 Å². The lowest BCUT2D eigenvalue weighted by Gasteiger charge is -2.35. The third kappa shape index (κ3) is 2.31. The number of hydrogen-bond donors (Lipinski definition) is 0. The Labute approximate surface area is 89.9 Å². The van der Waals surface area contributed by atoms with Crippen molar-refractivity contribution in [3.8, 4) is 0 Å². The molecule has 1 aliphatic heterocycles. The third-order valence-corrected chi connectivity index (χ3v) is 3.66. The van der Waals surface area contributed by atoms with Crippen LogP contribution in [0.15, 0.2) is 30.3 Å². The molecule has 0 bridgehead atoms.